The molecule has 1 heterocycles. The maximum atomic E-state index is 6.73. The van der Waals surface area contributed by atoms with E-state index in [9.17, 15) is 0 Å². The molecule has 1 aliphatic heterocycles. The van der Waals surface area contributed by atoms with Gasteiger partial charge in [-0.15, -0.1) is 0 Å². The van der Waals surface area contributed by atoms with E-state index in [1.54, 1.807) is 0 Å². The van der Waals surface area contributed by atoms with Gasteiger partial charge in [0.1, 0.15) is 11.5 Å². The third-order valence-corrected chi connectivity index (χ3v) is 7.92. The number of hydrogen-bond donors (Lipinski definition) is 0. The van der Waals surface area contributed by atoms with Crippen molar-refractivity contribution in [3.8, 4) is 45.3 Å². The van der Waals surface area contributed by atoms with Crippen LogP contribution in [0.15, 0.2) is 164 Å². The summed E-state index contributed by atoms with van der Waals surface area (Å²) in [6.45, 7) is 0. The minimum atomic E-state index is 0.689. The quantitative estimate of drug-likeness (QED) is 0.212. The van der Waals surface area contributed by atoms with E-state index in [0.717, 1.165) is 50.5 Å². The molecule has 204 valence electrons. The Bertz CT molecular complexity index is 2060. The van der Waals surface area contributed by atoms with Crippen molar-refractivity contribution >= 4 is 27.8 Å². The van der Waals surface area contributed by atoms with Gasteiger partial charge in [0, 0.05) is 22.5 Å². The van der Waals surface area contributed by atoms with Crippen LogP contribution in [0.3, 0.4) is 0 Å². The first-order valence-corrected chi connectivity index (χ1v) is 14.4. The number of nitrogens with zero attached hydrogens (tertiary/aromatic N) is 1. The van der Waals surface area contributed by atoms with Gasteiger partial charge in [0.05, 0.1) is 11.1 Å². The van der Waals surface area contributed by atoms with Gasteiger partial charge >= 0.3 is 0 Å². The topological polar surface area (TPSA) is 21.7 Å². The molecule has 8 rings (SSSR count). The number of fused-ring (bicyclic) bond motifs is 1. The monoisotopic (exact) mass is 553 g/mol. The van der Waals surface area contributed by atoms with Crippen LogP contribution >= 0.6 is 0 Å². The Morgan fingerprint density at radius 1 is 0.372 bits per heavy atom. The molecular weight excluding hydrogens is 526 g/mol. The molecule has 7 aromatic rings. The first kappa shape index (κ1) is 25.0. The SMILES string of the molecule is c1ccc(-c2ccc(N(c3ccccc3)c3ccccc3-c3cccc4c3Oc3cccc5cccc(c35)O4)cc2)cc1. The highest BCUT2D eigenvalue weighted by molar-refractivity contribution is 5.96. The number of benzene rings is 7. The Morgan fingerprint density at radius 2 is 0.930 bits per heavy atom. The van der Waals surface area contributed by atoms with E-state index in [1.165, 1.54) is 11.1 Å². The van der Waals surface area contributed by atoms with Crippen molar-refractivity contribution in [2.24, 2.45) is 0 Å². The third kappa shape index (κ3) is 4.48. The summed E-state index contributed by atoms with van der Waals surface area (Å²) < 4.78 is 13.3. The maximum Gasteiger partial charge on any atom is 0.177 e. The summed E-state index contributed by atoms with van der Waals surface area (Å²) in [5.74, 6) is 2.97. The number of para-hydroxylation sites is 3. The van der Waals surface area contributed by atoms with Crippen molar-refractivity contribution in [3.05, 3.63) is 164 Å². The molecule has 0 spiro atoms. The van der Waals surface area contributed by atoms with Crippen molar-refractivity contribution in [1.29, 1.82) is 0 Å². The summed E-state index contributed by atoms with van der Waals surface area (Å²) >= 11 is 0. The van der Waals surface area contributed by atoms with Crippen LogP contribution in [-0.4, -0.2) is 0 Å². The molecule has 0 atom stereocenters. The largest absolute Gasteiger partial charge is 0.453 e. The first-order chi connectivity index (χ1) is 21.3. The Hall–Kier alpha value is -5.80. The average Bonchev–Trinajstić information content (AvgIpc) is 3.24. The van der Waals surface area contributed by atoms with Gasteiger partial charge in [-0.05, 0) is 65.0 Å². The smallest absolute Gasteiger partial charge is 0.177 e. The summed E-state index contributed by atoms with van der Waals surface area (Å²) in [6, 6.07) is 56.5. The molecule has 0 saturated heterocycles. The molecular formula is C40H27NO2. The fourth-order valence-electron chi connectivity index (χ4n) is 5.92. The molecule has 0 saturated carbocycles. The van der Waals surface area contributed by atoms with Crippen molar-refractivity contribution < 1.29 is 9.47 Å². The predicted molar refractivity (Wildman–Crippen MR) is 176 cm³/mol. The second kappa shape index (κ2) is 10.6. The van der Waals surface area contributed by atoms with E-state index in [1.807, 2.05) is 48.5 Å². The second-order valence-electron chi connectivity index (χ2n) is 10.5. The maximum absolute atomic E-state index is 6.73. The van der Waals surface area contributed by atoms with Gasteiger partial charge < -0.3 is 14.4 Å². The van der Waals surface area contributed by atoms with E-state index in [4.69, 9.17) is 9.47 Å². The second-order valence-corrected chi connectivity index (χ2v) is 10.5. The zero-order valence-corrected chi connectivity index (χ0v) is 23.4. The third-order valence-electron chi connectivity index (χ3n) is 7.92. The normalized spacial score (nSPS) is 11.6. The van der Waals surface area contributed by atoms with Gasteiger partial charge in [0.2, 0.25) is 0 Å². The van der Waals surface area contributed by atoms with Gasteiger partial charge in [-0.3, -0.25) is 0 Å². The lowest BCUT2D eigenvalue weighted by molar-refractivity contribution is 0.441. The Kier molecular flexibility index (Phi) is 6.12. The first-order valence-electron chi connectivity index (χ1n) is 14.4. The van der Waals surface area contributed by atoms with Crippen LogP contribution in [0.5, 0.6) is 23.0 Å². The van der Waals surface area contributed by atoms with Gasteiger partial charge in [-0.1, -0.05) is 115 Å². The molecule has 7 aromatic carbocycles. The zero-order chi connectivity index (χ0) is 28.6. The highest BCUT2D eigenvalue weighted by atomic mass is 16.5. The van der Waals surface area contributed by atoms with Crippen LogP contribution < -0.4 is 14.4 Å². The van der Waals surface area contributed by atoms with Crippen LogP contribution in [0.4, 0.5) is 17.1 Å². The lowest BCUT2D eigenvalue weighted by atomic mass is 9.99. The molecule has 0 aromatic heterocycles. The number of anilines is 3. The molecule has 1 aliphatic rings. The van der Waals surface area contributed by atoms with Crippen molar-refractivity contribution in [2.75, 3.05) is 4.90 Å². The molecule has 0 aliphatic carbocycles. The highest BCUT2D eigenvalue weighted by Crippen LogP contribution is 2.51. The fourth-order valence-corrected chi connectivity index (χ4v) is 5.92. The lowest BCUT2D eigenvalue weighted by Gasteiger charge is -2.28. The number of rotatable bonds is 5. The Balaban J connectivity index is 1.29. The molecule has 0 bridgehead atoms. The van der Waals surface area contributed by atoms with Gasteiger partial charge in [-0.2, -0.15) is 0 Å². The summed E-state index contributed by atoms with van der Waals surface area (Å²) in [6.07, 6.45) is 0. The molecule has 0 fully saturated rings. The highest BCUT2D eigenvalue weighted by Gasteiger charge is 2.24. The molecule has 0 unspecified atom stereocenters. The van der Waals surface area contributed by atoms with E-state index < -0.39 is 0 Å². The van der Waals surface area contributed by atoms with Gasteiger partial charge in [0.15, 0.2) is 11.5 Å². The lowest BCUT2D eigenvalue weighted by Crippen LogP contribution is -2.11. The van der Waals surface area contributed by atoms with Crippen molar-refractivity contribution in [1.82, 2.24) is 0 Å². The standard InChI is InChI=1S/C40H27NO2/c1-3-12-28(13-4-1)29-24-26-32(27-25-29)41(31-16-5-2-6-17-31)35-20-8-7-18-33(35)34-19-11-23-38-40(34)43-37-22-10-15-30-14-9-21-36(42-38)39(30)37/h1-27H. The summed E-state index contributed by atoms with van der Waals surface area (Å²) in [4.78, 5) is 2.30. The number of hydrogen-bond acceptors (Lipinski definition) is 3. The molecule has 0 amide bonds. The van der Waals surface area contributed by atoms with Crippen LogP contribution in [0.2, 0.25) is 0 Å². The zero-order valence-electron chi connectivity index (χ0n) is 23.4. The van der Waals surface area contributed by atoms with E-state index in [-0.39, 0.29) is 0 Å². The van der Waals surface area contributed by atoms with E-state index in [0.29, 0.717) is 11.5 Å². The van der Waals surface area contributed by atoms with Gasteiger partial charge in [-0.25, -0.2) is 0 Å². The van der Waals surface area contributed by atoms with Crippen LogP contribution in [0.25, 0.3) is 33.0 Å². The van der Waals surface area contributed by atoms with E-state index in [2.05, 4.69) is 120 Å². The minimum absolute atomic E-state index is 0.689. The predicted octanol–water partition coefficient (Wildman–Crippen LogP) is 11.5. The molecule has 0 radical (unpaired) electrons. The van der Waals surface area contributed by atoms with E-state index >= 15 is 0 Å². The summed E-state index contributed by atoms with van der Waals surface area (Å²) in [7, 11) is 0. The van der Waals surface area contributed by atoms with Crippen molar-refractivity contribution in [3.63, 3.8) is 0 Å². The molecule has 3 nitrogen and oxygen atoms in total. The Labute approximate surface area is 250 Å². The average molecular weight is 554 g/mol. The van der Waals surface area contributed by atoms with Crippen LogP contribution in [-0.2, 0) is 0 Å². The van der Waals surface area contributed by atoms with Crippen LogP contribution in [0, 0.1) is 0 Å². The fraction of sp³-hybridized carbons (Fsp3) is 0. The van der Waals surface area contributed by atoms with Crippen LogP contribution in [0.1, 0.15) is 0 Å². The molecule has 43 heavy (non-hydrogen) atoms. The Morgan fingerprint density at radius 3 is 1.70 bits per heavy atom. The minimum Gasteiger partial charge on any atom is -0.453 e. The van der Waals surface area contributed by atoms with Crippen molar-refractivity contribution in [2.45, 2.75) is 0 Å². The number of ether oxygens (including phenoxy) is 2. The van der Waals surface area contributed by atoms with Gasteiger partial charge in [0.25, 0.3) is 0 Å². The summed E-state index contributed by atoms with van der Waals surface area (Å²) in [5, 5.41) is 2.06. The molecule has 0 N–H and O–H groups in total. The summed E-state index contributed by atoms with van der Waals surface area (Å²) in [5.41, 5.74) is 7.54. The molecule has 3 heteroatoms.